The number of thiophene rings is 1. The monoisotopic (exact) mass is 373 g/mol. The fraction of sp³-hybridized carbons (Fsp3) is 0.421. The number of aryl methyl sites for hydroxylation is 1. The van der Waals surface area contributed by atoms with Crippen LogP contribution < -0.4 is 16.0 Å². The highest BCUT2D eigenvalue weighted by Gasteiger charge is 2.07. The lowest BCUT2D eigenvalue weighted by atomic mass is 10.1. The molecule has 2 heterocycles. The second-order valence-electron chi connectivity index (χ2n) is 6.12. The number of hydrogen-bond donors (Lipinski definition) is 3. The highest BCUT2D eigenvalue weighted by atomic mass is 32.1. The standard InChI is InChI=1S/C19H27N5OS/c1-4-20-19(23-12-15(3)16-8-10-26-13-16)21-9-7-18(25)24-17-6-5-14(2)11-22-17/h5-6,8,10-11,13,15H,4,7,9,12H2,1-3H3,(H2,20,21,23)(H,22,24,25). The number of hydrogen-bond acceptors (Lipinski definition) is 4. The number of pyridine rings is 1. The van der Waals surface area contributed by atoms with Gasteiger partial charge in [-0.3, -0.25) is 9.79 Å². The summed E-state index contributed by atoms with van der Waals surface area (Å²) in [6, 6.07) is 5.86. The topological polar surface area (TPSA) is 78.4 Å². The van der Waals surface area contributed by atoms with Crippen LogP contribution in [-0.2, 0) is 4.79 Å². The molecule has 0 spiro atoms. The largest absolute Gasteiger partial charge is 0.357 e. The fourth-order valence-electron chi connectivity index (χ4n) is 2.27. The highest BCUT2D eigenvalue weighted by Crippen LogP contribution is 2.18. The van der Waals surface area contributed by atoms with E-state index >= 15 is 0 Å². The predicted molar refractivity (Wildman–Crippen MR) is 109 cm³/mol. The van der Waals surface area contributed by atoms with E-state index in [9.17, 15) is 4.79 Å². The van der Waals surface area contributed by atoms with E-state index in [-0.39, 0.29) is 5.91 Å². The van der Waals surface area contributed by atoms with E-state index in [4.69, 9.17) is 0 Å². The summed E-state index contributed by atoms with van der Waals surface area (Å²) in [7, 11) is 0. The van der Waals surface area contributed by atoms with Crippen molar-refractivity contribution in [2.24, 2.45) is 4.99 Å². The Labute approximate surface area is 159 Å². The number of aliphatic imine (C=N–C) groups is 1. The van der Waals surface area contributed by atoms with Gasteiger partial charge in [-0.2, -0.15) is 11.3 Å². The van der Waals surface area contributed by atoms with Gasteiger partial charge in [0.15, 0.2) is 5.96 Å². The van der Waals surface area contributed by atoms with Crippen molar-refractivity contribution >= 4 is 29.0 Å². The minimum Gasteiger partial charge on any atom is -0.357 e. The molecule has 2 rings (SSSR count). The Bertz CT molecular complexity index is 697. The molecule has 26 heavy (non-hydrogen) atoms. The third-order valence-electron chi connectivity index (χ3n) is 3.80. The van der Waals surface area contributed by atoms with Crippen LogP contribution in [0.4, 0.5) is 5.82 Å². The van der Waals surface area contributed by atoms with Crippen LogP contribution in [0, 0.1) is 6.92 Å². The van der Waals surface area contributed by atoms with Crippen LogP contribution in [-0.4, -0.2) is 36.5 Å². The van der Waals surface area contributed by atoms with Gasteiger partial charge in [0.1, 0.15) is 5.82 Å². The van der Waals surface area contributed by atoms with Crippen molar-refractivity contribution in [2.45, 2.75) is 33.1 Å². The lowest BCUT2D eigenvalue weighted by Crippen LogP contribution is -2.39. The minimum absolute atomic E-state index is 0.0728. The summed E-state index contributed by atoms with van der Waals surface area (Å²) in [6.07, 6.45) is 2.08. The molecule has 6 nitrogen and oxygen atoms in total. The highest BCUT2D eigenvalue weighted by molar-refractivity contribution is 7.07. The van der Waals surface area contributed by atoms with Crippen molar-refractivity contribution in [2.75, 3.05) is 25.0 Å². The van der Waals surface area contributed by atoms with Crippen molar-refractivity contribution in [1.82, 2.24) is 15.6 Å². The van der Waals surface area contributed by atoms with Gasteiger partial charge in [0, 0.05) is 38.2 Å². The molecule has 0 aromatic carbocycles. The number of aromatic nitrogens is 1. The molecule has 0 saturated carbocycles. The average molecular weight is 374 g/mol. The maximum Gasteiger partial charge on any atom is 0.227 e. The Morgan fingerprint density at radius 3 is 2.81 bits per heavy atom. The summed E-state index contributed by atoms with van der Waals surface area (Å²) in [5, 5.41) is 13.5. The molecule has 1 atom stereocenters. The number of amides is 1. The Morgan fingerprint density at radius 1 is 1.31 bits per heavy atom. The van der Waals surface area contributed by atoms with E-state index in [0.29, 0.717) is 31.2 Å². The zero-order chi connectivity index (χ0) is 18.8. The van der Waals surface area contributed by atoms with Crippen LogP contribution >= 0.6 is 11.3 Å². The SMILES string of the molecule is CCNC(=NCC(C)c1ccsc1)NCCC(=O)Nc1ccc(C)cn1. The normalized spacial score (nSPS) is 12.5. The molecule has 0 bridgehead atoms. The second kappa shape index (κ2) is 10.6. The Morgan fingerprint density at radius 2 is 2.15 bits per heavy atom. The number of carbonyl (C=O) groups is 1. The molecule has 0 radical (unpaired) electrons. The maximum absolute atomic E-state index is 12.0. The molecule has 140 valence electrons. The molecular weight excluding hydrogens is 346 g/mol. The van der Waals surface area contributed by atoms with E-state index in [0.717, 1.165) is 18.1 Å². The zero-order valence-corrected chi connectivity index (χ0v) is 16.4. The molecule has 0 aliphatic heterocycles. The molecule has 1 unspecified atom stereocenters. The molecule has 0 fully saturated rings. The number of anilines is 1. The molecule has 7 heteroatoms. The molecule has 0 saturated heterocycles. The first kappa shape index (κ1) is 19.9. The zero-order valence-electron chi connectivity index (χ0n) is 15.6. The van der Waals surface area contributed by atoms with Gasteiger partial charge < -0.3 is 16.0 Å². The molecule has 2 aromatic heterocycles. The Kier molecular flexibility index (Phi) is 8.08. The smallest absolute Gasteiger partial charge is 0.227 e. The molecule has 1 amide bonds. The van der Waals surface area contributed by atoms with Gasteiger partial charge in [-0.15, -0.1) is 0 Å². The Balaban J connectivity index is 1.77. The van der Waals surface area contributed by atoms with Crippen LogP contribution in [0.15, 0.2) is 40.1 Å². The van der Waals surface area contributed by atoms with E-state index in [1.165, 1.54) is 5.56 Å². The molecule has 3 N–H and O–H groups in total. The third-order valence-corrected chi connectivity index (χ3v) is 4.50. The van der Waals surface area contributed by atoms with E-state index in [1.54, 1.807) is 23.6 Å². The van der Waals surface area contributed by atoms with Gasteiger partial charge in [0.25, 0.3) is 0 Å². The summed E-state index contributed by atoms with van der Waals surface area (Å²) in [5.41, 5.74) is 2.37. The number of guanidine groups is 1. The lowest BCUT2D eigenvalue weighted by Gasteiger charge is -2.13. The number of nitrogens with one attached hydrogen (secondary N) is 3. The Hall–Kier alpha value is -2.41. The third kappa shape index (κ3) is 6.84. The van der Waals surface area contributed by atoms with Gasteiger partial charge in [0.2, 0.25) is 5.91 Å². The van der Waals surface area contributed by atoms with Gasteiger partial charge in [-0.1, -0.05) is 13.0 Å². The predicted octanol–water partition coefficient (Wildman–Crippen LogP) is 3.14. The van der Waals surface area contributed by atoms with Gasteiger partial charge in [-0.05, 0) is 47.9 Å². The summed E-state index contributed by atoms with van der Waals surface area (Å²) >= 11 is 1.70. The van der Waals surface area contributed by atoms with Gasteiger partial charge >= 0.3 is 0 Å². The first-order chi connectivity index (χ1) is 12.6. The fourth-order valence-corrected chi connectivity index (χ4v) is 3.05. The van der Waals surface area contributed by atoms with Crippen LogP contribution in [0.25, 0.3) is 0 Å². The van der Waals surface area contributed by atoms with Crippen molar-refractivity contribution in [3.8, 4) is 0 Å². The number of rotatable bonds is 8. The summed E-state index contributed by atoms with van der Waals surface area (Å²) in [5.74, 6) is 1.60. The van der Waals surface area contributed by atoms with Crippen molar-refractivity contribution in [3.05, 3.63) is 46.3 Å². The van der Waals surface area contributed by atoms with Crippen LogP contribution in [0.3, 0.4) is 0 Å². The van der Waals surface area contributed by atoms with Crippen LogP contribution in [0.1, 0.15) is 37.3 Å². The van der Waals surface area contributed by atoms with E-state index in [1.807, 2.05) is 19.9 Å². The van der Waals surface area contributed by atoms with Gasteiger partial charge in [-0.25, -0.2) is 4.98 Å². The molecule has 0 aliphatic rings. The maximum atomic E-state index is 12.0. The first-order valence-corrected chi connectivity index (χ1v) is 9.79. The van der Waals surface area contributed by atoms with Gasteiger partial charge in [0.05, 0.1) is 0 Å². The van der Waals surface area contributed by atoms with Crippen molar-refractivity contribution < 1.29 is 4.79 Å². The molecule has 0 aliphatic carbocycles. The lowest BCUT2D eigenvalue weighted by molar-refractivity contribution is -0.116. The quantitative estimate of drug-likeness (QED) is 0.491. The van der Waals surface area contributed by atoms with E-state index < -0.39 is 0 Å². The summed E-state index contributed by atoms with van der Waals surface area (Å²) < 4.78 is 0. The summed E-state index contributed by atoms with van der Waals surface area (Å²) in [6.45, 7) is 8.13. The first-order valence-electron chi connectivity index (χ1n) is 8.85. The van der Waals surface area contributed by atoms with Crippen LogP contribution in [0.5, 0.6) is 0 Å². The van der Waals surface area contributed by atoms with Crippen LogP contribution in [0.2, 0.25) is 0 Å². The van der Waals surface area contributed by atoms with E-state index in [2.05, 4.69) is 49.7 Å². The number of nitrogens with zero attached hydrogens (tertiary/aromatic N) is 2. The number of carbonyl (C=O) groups excluding carboxylic acids is 1. The van der Waals surface area contributed by atoms with Crippen molar-refractivity contribution in [1.29, 1.82) is 0 Å². The minimum atomic E-state index is -0.0728. The molecular formula is C19H27N5OS. The van der Waals surface area contributed by atoms with Crippen molar-refractivity contribution in [3.63, 3.8) is 0 Å². The summed E-state index contributed by atoms with van der Waals surface area (Å²) in [4.78, 5) is 20.8. The molecule has 2 aromatic rings. The second-order valence-corrected chi connectivity index (χ2v) is 6.90. The average Bonchev–Trinajstić information content (AvgIpc) is 3.16.